The maximum absolute atomic E-state index is 14.9. The second-order valence-corrected chi connectivity index (χ2v) is 29.7. The Balaban J connectivity index is 0.871. The van der Waals surface area contributed by atoms with E-state index in [1.165, 1.54) is 98.8 Å². The fourth-order valence-electron chi connectivity index (χ4n) is 15.9. The minimum Gasteiger partial charge on any atom is -0.461 e. The molecule has 7 aliphatic rings. The molecule has 1 spiro atoms. The van der Waals surface area contributed by atoms with Crippen LogP contribution in [0.25, 0.3) is 0 Å². The van der Waals surface area contributed by atoms with E-state index in [0.29, 0.717) is 107 Å². The van der Waals surface area contributed by atoms with Crippen molar-refractivity contribution in [1.82, 2.24) is 61.3 Å². The molecule has 6 saturated heterocycles. The van der Waals surface area contributed by atoms with Crippen LogP contribution in [0.2, 0.25) is 0 Å². The third-order valence-electron chi connectivity index (χ3n) is 22.0. The van der Waals surface area contributed by atoms with Crippen molar-refractivity contribution < 1.29 is 85.4 Å². The molecule has 6 aliphatic heterocycles. The molecule has 0 bridgehead atoms. The first-order valence-corrected chi connectivity index (χ1v) is 38.5. The molecule has 6 N–H and O–H groups in total. The molecule has 588 valence electrons. The van der Waals surface area contributed by atoms with Gasteiger partial charge in [-0.05, 0) is 164 Å². The molecule has 1 aliphatic carbocycles. The number of hydrogen-bond donors (Lipinski definition) is 6. The van der Waals surface area contributed by atoms with Gasteiger partial charge < -0.3 is 70.8 Å². The zero-order chi connectivity index (χ0) is 77.8. The maximum Gasteiger partial charge on any atom is 0.328 e. The van der Waals surface area contributed by atoms with Crippen LogP contribution >= 0.6 is 0 Å². The average molecular weight is 1510 g/mol. The Labute approximate surface area is 629 Å². The Kier molecular flexibility index (Phi) is 29.7. The Morgan fingerprint density at radius 1 is 0.546 bits per heavy atom. The van der Waals surface area contributed by atoms with Crippen molar-refractivity contribution in [2.24, 2.45) is 5.92 Å². The zero-order valence-corrected chi connectivity index (χ0v) is 62.7. The van der Waals surface area contributed by atoms with Crippen LogP contribution in [0.1, 0.15) is 173 Å². The molecule has 0 radical (unpaired) electrons. The summed E-state index contributed by atoms with van der Waals surface area (Å²) >= 11 is 0. The van der Waals surface area contributed by atoms with Gasteiger partial charge in [0.2, 0.25) is 70.9 Å². The summed E-state index contributed by atoms with van der Waals surface area (Å²) in [5.74, 6) is -10.6. The van der Waals surface area contributed by atoms with Crippen LogP contribution in [0.3, 0.4) is 0 Å². The van der Waals surface area contributed by atoms with E-state index < -0.39 is 174 Å². The van der Waals surface area contributed by atoms with Gasteiger partial charge in [0.15, 0.2) is 0 Å². The molecule has 7 fully saturated rings. The van der Waals surface area contributed by atoms with Crippen LogP contribution in [0.4, 0.5) is 8.78 Å². The lowest BCUT2D eigenvalue weighted by atomic mass is 9.92. The number of carbonyl (C=O) groups excluding carboxylic acids is 14. The number of hydrogen-bond acceptors (Lipinski definition) is 16. The Hall–Kier alpha value is -9.64. The number of nitrogens with zero attached hydrogens (tertiary/aromatic N) is 6. The summed E-state index contributed by atoms with van der Waals surface area (Å²) in [6.07, 6.45) is 14.9. The summed E-state index contributed by atoms with van der Waals surface area (Å²) < 4.78 is 40.8. The SMILES string of the molecule is CCCCC=CC(=O)NC(Cc1cccc(F)c1)C(=O)NC1COC(=O)C2CCCN2C(=O)C(C)NC(=O)CCC(CCCCC=CC(=O)NC(Cc2cccc(F)c2)C(=O)NC2COC(=O)C3CCCN3C(=O)C(C)NC(=O)C3(CCCC3)N(C)C(=O)C3CCCN3C2=O)CCN(C)C(=O)C2CCCN2C1=O. The normalized spacial score (nSPS) is 26.0. The summed E-state index contributed by atoms with van der Waals surface area (Å²) in [5.41, 5.74) is -0.649. The van der Waals surface area contributed by atoms with Gasteiger partial charge in [-0.2, -0.15) is 0 Å². The third kappa shape index (κ3) is 21.4. The van der Waals surface area contributed by atoms with Crippen molar-refractivity contribution in [3.05, 3.63) is 95.6 Å². The highest BCUT2D eigenvalue weighted by atomic mass is 19.1. The number of unbranched alkanes of at least 4 members (excludes halogenated alkanes) is 4. The van der Waals surface area contributed by atoms with Gasteiger partial charge in [0, 0.05) is 66.1 Å². The van der Waals surface area contributed by atoms with Crippen molar-refractivity contribution in [2.75, 3.05) is 60.0 Å². The van der Waals surface area contributed by atoms with E-state index in [4.69, 9.17) is 9.47 Å². The van der Waals surface area contributed by atoms with Gasteiger partial charge >= 0.3 is 11.9 Å². The molecular formula is C78H106F2N12O16. The van der Waals surface area contributed by atoms with E-state index in [-0.39, 0.29) is 83.6 Å². The van der Waals surface area contributed by atoms with E-state index in [0.717, 1.165) is 12.8 Å². The minimum atomic E-state index is -1.62. The van der Waals surface area contributed by atoms with Crippen LogP contribution < -0.4 is 31.9 Å². The third-order valence-corrected chi connectivity index (χ3v) is 22.0. The first kappa shape index (κ1) is 82.4. The largest absolute Gasteiger partial charge is 0.461 e. The van der Waals surface area contributed by atoms with Crippen LogP contribution in [0, 0.1) is 17.6 Å². The highest BCUT2D eigenvalue weighted by Gasteiger charge is 2.52. The van der Waals surface area contributed by atoms with Crippen molar-refractivity contribution in [3.63, 3.8) is 0 Å². The number of esters is 2. The summed E-state index contributed by atoms with van der Waals surface area (Å²) in [4.78, 5) is 208. The van der Waals surface area contributed by atoms with Gasteiger partial charge in [-0.1, -0.05) is 81.9 Å². The number of ether oxygens (including phenoxy) is 2. The molecule has 2 aromatic rings. The Bertz CT molecular complexity index is 3700. The quantitative estimate of drug-likeness (QED) is 0.0626. The number of amides is 12. The number of allylic oxidation sites excluding steroid dienone is 2. The number of halogens is 2. The molecule has 30 heteroatoms. The van der Waals surface area contributed by atoms with E-state index in [1.807, 2.05) is 6.92 Å². The van der Waals surface area contributed by atoms with Crippen molar-refractivity contribution in [1.29, 1.82) is 0 Å². The van der Waals surface area contributed by atoms with E-state index in [2.05, 4.69) is 31.9 Å². The summed E-state index contributed by atoms with van der Waals surface area (Å²) in [5, 5.41) is 16.4. The molecule has 1 saturated carbocycles. The van der Waals surface area contributed by atoms with Gasteiger partial charge in [-0.3, -0.25) is 57.5 Å². The average Bonchev–Trinajstić information content (AvgIpc) is 1.58. The maximum atomic E-state index is 14.9. The van der Waals surface area contributed by atoms with Crippen LogP contribution in [0.5, 0.6) is 0 Å². The molecule has 2 aromatic carbocycles. The minimum absolute atomic E-state index is 0.00894. The number of nitrogens with one attached hydrogen (secondary N) is 6. The number of likely N-dealkylation sites (N-methyl/N-ethyl adjacent to an activating group) is 2. The number of cyclic esters (lactones) is 2. The van der Waals surface area contributed by atoms with Crippen molar-refractivity contribution in [3.8, 4) is 0 Å². The van der Waals surface area contributed by atoms with Gasteiger partial charge in [0.1, 0.15) is 90.8 Å². The predicted octanol–water partition coefficient (Wildman–Crippen LogP) is 3.66. The topological polar surface area (TPSA) is 349 Å². The van der Waals surface area contributed by atoms with Crippen LogP contribution in [-0.4, -0.2) is 238 Å². The van der Waals surface area contributed by atoms with Crippen molar-refractivity contribution in [2.45, 2.75) is 241 Å². The van der Waals surface area contributed by atoms with Crippen molar-refractivity contribution >= 4 is 82.8 Å². The lowest BCUT2D eigenvalue weighted by Gasteiger charge is -2.41. The highest BCUT2D eigenvalue weighted by Crippen LogP contribution is 2.37. The molecule has 28 nitrogen and oxygen atoms in total. The van der Waals surface area contributed by atoms with Crippen LogP contribution in [-0.2, 0) is 89.4 Å². The Morgan fingerprint density at radius 2 is 1.00 bits per heavy atom. The Morgan fingerprint density at radius 3 is 1.48 bits per heavy atom. The molecule has 0 aromatic heterocycles. The number of fused-ring (bicyclic) bond motifs is 4. The molecular weight excluding hydrogens is 1400 g/mol. The molecule has 6 heterocycles. The fourth-order valence-corrected chi connectivity index (χ4v) is 15.9. The predicted molar refractivity (Wildman–Crippen MR) is 389 cm³/mol. The lowest BCUT2D eigenvalue weighted by molar-refractivity contribution is -0.159. The molecule has 12 amide bonds. The molecule has 11 atom stereocenters. The van der Waals surface area contributed by atoms with E-state index >= 15 is 0 Å². The first-order valence-electron chi connectivity index (χ1n) is 38.5. The second kappa shape index (κ2) is 38.9. The lowest BCUT2D eigenvalue weighted by Crippen LogP contribution is -2.64. The smallest absolute Gasteiger partial charge is 0.328 e. The standard InChI is InChI=1S/C78H106F2N12O16/c1-6-7-8-12-31-64(93)83-56(45-52-23-16-25-54(79)43-52)67(96)85-58-47-107-75(104)62-29-20-40-91(62)69(98)49(2)81-66(95)34-33-51(35-42-87(4)73(102)60-27-18-38-89(60)71(58)100)22-11-9-10-13-32-65(94)84-57(46-53-24-17-26-55(80)44-53)68(97)86-59-48-108-76(105)63-30-21-41-92(63)70(99)50(3)82-77(106)78(36-14-15-37-78)88(5)74(103)61-28-19-39-90(61)72(59)101/h12-13,16-17,23-26,31-32,43-44,49-51,56-63H,6-11,14-15,18-22,27-30,33-42,45-48H2,1-5H3,(H,81,95)(H,82,106)(H,83,93)(H,84,94)(H,85,96)(H,86,97). The van der Waals surface area contributed by atoms with E-state index in [9.17, 15) is 75.9 Å². The van der Waals surface area contributed by atoms with Gasteiger partial charge in [-0.15, -0.1) is 0 Å². The molecule has 11 unspecified atom stereocenters. The number of benzene rings is 2. The summed E-state index contributed by atoms with van der Waals surface area (Å²) in [6.45, 7) is 4.35. The molecule has 108 heavy (non-hydrogen) atoms. The summed E-state index contributed by atoms with van der Waals surface area (Å²) in [6, 6.07) is -1.48. The monoisotopic (exact) mass is 1500 g/mol. The zero-order valence-electron chi connectivity index (χ0n) is 62.7. The van der Waals surface area contributed by atoms with Gasteiger partial charge in [0.25, 0.3) is 0 Å². The number of carbonyl (C=O) groups is 14. The second-order valence-electron chi connectivity index (χ2n) is 29.7. The van der Waals surface area contributed by atoms with Crippen LogP contribution in [0.15, 0.2) is 72.8 Å². The number of rotatable bonds is 20. The fraction of sp³-hybridized carbons (Fsp3) is 0.615. The highest BCUT2D eigenvalue weighted by molar-refractivity contribution is 6.01. The van der Waals surface area contributed by atoms with Gasteiger partial charge in [0.05, 0.1) is 0 Å². The van der Waals surface area contributed by atoms with E-state index in [1.54, 1.807) is 31.3 Å². The first-order chi connectivity index (χ1) is 51.8. The summed E-state index contributed by atoms with van der Waals surface area (Å²) in [7, 11) is 3.12. The van der Waals surface area contributed by atoms with Gasteiger partial charge in [-0.25, -0.2) is 18.4 Å². The molecule has 9 rings (SSSR count).